The van der Waals surface area contributed by atoms with Crippen LogP contribution >= 0.6 is 0 Å². The molecule has 0 spiro atoms. The third-order valence-corrected chi connectivity index (χ3v) is 3.01. The van der Waals surface area contributed by atoms with E-state index in [1.807, 2.05) is 18.2 Å². The minimum Gasteiger partial charge on any atom is -0.385 e. The Labute approximate surface area is 108 Å². The number of nitrogen functional groups attached to an aromatic ring is 1. The molecule has 0 unspecified atom stereocenters. The largest absolute Gasteiger partial charge is 0.385 e. The Hall–Kier alpha value is -2.63. The van der Waals surface area contributed by atoms with E-state index in [4.69, 9.17) is 10.3 Å². The molecule has 0 radical (unpaired) electrons. The average Bonchev–Trinajstić information content (AvgIpc) is 2.92. The van der Waals surface area contributed by atoms with Gasteiger partial charge in [-0.05, 0) is 17.5 Å². The molecule has 0 saturated heterocycles. The van der Waals surface area contributed by atoms with Crippen molar-refractivity contribution in [1.82, 2.24) is 14.7 Å². The Balaban J connectivity index is 2.01. The molecule has 6 heteroatoms. The third kappa shape index (κ3) is 2.08. The first kappa shape index (κ1) is 11.5. The van der Waals surface area contributed by atoms with Crippen molar-refractivity contribution < 1.29 is 4.52 Å². The lowest BCUT2D eigenvalue weighted by molar-refractivity contribution is 0.370. The van der Waals surface area contributed by atoms with E-state index in [1.54, 1.807) is 12.1 Å². The SMILES string of the molecule is Nc1cc2ccccc2c(=O)n1CCc1ncno1. The van der Waals surface area contributed by atoms with E-state index in [-0.39, 0.29) is 5.56 Å². The smallest absolute Gasteiger partial charge is 0.259 e. The summed E-state index contributed by atoms with van der Waals surface area (Å²) in [7, 11) is 0. The predicted molar refractivity (Wildman–Crippen MR) is 70.6 cm³/mol. The van der Waals surface area contributed by atoms with Gasteiger partial charge in [-0.1, -0.05) is 23.4 Å². The molecule has 0 fully saturated rings. The molecule has 2 aromatic heterocycles. The molecular formula is C13H12N4O2. The number of nitrogens with zero attached hydrogens (tertiary/aromatic N) is 3. The average molecular weight is 256 g/mol. The van der Waals surface area contributed by atoms with Crippen LogP contribution in [-0.4, -0.2) is 14.7 Å². The molecule has 19 heavy (non-hydrogen) atoms. The van der Waals surface area contributed by atoms with Gasteiger partial charge in [0.05, 0.1) is 0 Å². The van der Waals surface area contributed by atoms with Crippen LogP contribution in [0.3, 0.4) is 0 Å². The Bertz CT molecular complexity index is 762. The van der Waals surface area contributed by atoms with E-state index in [0.717, 1.165) is 5.39 Å². The molecule has 6 nitrogen and oxygen atoms in total. The second-order valence-corrected chi connectivity index (χ2v) is 4.20. The molecule has 0 aliphatic carbocycles. The number of anilines is 1. The number of pyridine rings is 1. The van der Waals surface area contributed by atoms with Gasteiger partial charge < -0.3 is 10.3 Å². The second-order valence-electron chi connectivity index (χ2n) is 4.20. The molecule has 0 aliphatic rings. The van der Waals surface area contributed by atoms with E-state index < -0.39 is 0 Å². The maximum absolute atomic E-state index is 12.3. The summed E-state index contributed by atoms with van der Waals surface area (Å²) in [6, 6.07) is 9.17. The lowest BCUT2D eigenvalue weighted by atomic mass is 10.1. The van der Waals surface area contributed by atoms with Gasteiger partial charge in [-0.25, -0.2) is 0 Å². The highest BCUT2D eigenvalue weighted by Crippen LogP contribution is 2.13. The van der Waals surface area contributed by atoms with Crippen LogP contribution in [0.25, 0.3) is 10.8 Å². The Morgan fingerprint density at radius 3 is 2.95 bits per heavy atom. The fourth-order valence-electron chi connectivity index (χ4n) is 2.06. The maximum atomic E-state index is 12.3. The molecule has 2 heterocycles. The molecule has 0 bridgehead atoms. The third-order valence-electron chi connectivity index (χ3n) is 3.01. The normalized spacial score (nSPS) is 10.9. The van der Waals surface area contributed by atoms with Gasteiger partial charge in [-0.3, -0.25) is 9.36 Å². The molecule has 0 saturated carbocycles. The van der Waals surface area contributed by atoms with Gasteiger partial charge in [-0.15, -0.1) is 0 Å². The standard InChI is InChI=1S/C13H12N4O2/c14-11-7-9-3-1-2-4-10(9)13(18)17(11)6-5-12-15-8-16-19-12/h1-4,7-8H,5-6,14H2. The van der Waals surface area contributed by atoms with Crippen molar-refractivity contribution in [1.29, 1.82) is 0 Å². The van der Waals surface area contributed by atoms with E-state index >= 15 is 0 Å². The summed E-state index contributed by atoms with van der Waals surface area (Å²) in [5.41, 5.74) is 5.82. The zero-order valence-corrected chi connectivity index (χ0v) is 10.1. The van der Waals surface area contributed by atoms with Gasteiger partial charge in [0.2, 0.25) is 5.89 Å². The summed E-state index contributed by atoms with van der Waals surface area (Å²) in [5, 5.41) is 5.03. The van der Waals surface area contributed by atoms with Crippen molar-refractivity contribution >= 4 is 16.6 Å². The van der Waals surface area contributed by atoms with Crippen LogP contribution in [0.5, 0.6) is 0 Å². The summed E-state index contributed by atoms with van der Waals surface area (Å²) in [5.74, 6) is 0.919. The summed E-state index contributed by atoms with van der Waals surface area (Å²) in [6.07, 6.45) is 1.81. The van der Waals surface area contributed by atoms with Crippen LogP contribution in [0.2, 0.25) is 0 Å². The van der Waals surface area contributed by atoms with E-state index in [0.29, 0.717) is 30.1 Å². The van der Waals surface area contributed by atoms with Gasteiger partial charge in [0.1, 0.15) is 5.82 Å². The molecule has 96 valence electrons. The molecule has 3 aromatic rings. The van der Waals surface area contributed by atoms with Crippen LogP contribution in [0, 0.1) is 0 Å². The maximum Gasteiger partial charge on any atom is 0.259 e. The van der Waals surface area contributed by atoms with Crippen molar-refractivity contribution in [2.24, 2.45) is 0 Å². The highest BCUT2D eigenvalue weighted by atomic mass is 16.5. The van der Waals surface area contributed by atoms with E-state index in [1.165, 1.54) is 10.9 Å². The van der Waals surface area contributed by atoms with Crippen LogP contribution in [0.1, 0.15) is 5.89 Å². The van der Waals surface area contributed by atoms with Gasteiger partial charge in [0, 0.05) is 18.4 Å². The van der Waals surface area contributed by atoms with E-state index in [2.05, 4.69) is 10.1 Å². The van der Waals surface area contributed by atoms with Crippen LogP contribution < -0.4 is 11.3 Å². The molecule has 0 aliphatic heterocycles. The molecule has 2 N–H and O–H groups in total. The van der Waals surface area contributed by atoms with Crippen LogP contribution in [-0.2, 0) is 13.0 Å². The first-order valence-electron chi connectivity index (χ1n) is 5.89. The number of benzene rings is 1. The zero-order chi connectivity index (χ0) is 13.2. The van der Waals surface area contributed by atoms with Gasteiger partial charge in [0.25, 0.3) is 5.56 Å². The fraction of sp³-hybridized carbons (Fsp3) is 0.154. The Morgan fingerprint density at radius 1 is 1.32 bits per heavy atom. The number of fused-ring (bicyclic) bond motifs is 1. The number of aromatic nitrogens is 3. The number of nitrogens with two attached hydrogens (primary N) is 1. The minimum atomic E-state index is -0.102. The molecule has 3 rings (SSSR count). The summed E-state index contributed by atoms with van der Waals surface area (Å²) in [4.78, 5) is 16.2. The quantitative estimate of drug-likeness (QED) is 0.761. The van der Waals surface area contributed by atoms with Crippen LogP contribution in [0.15, 0.2) is 46.0 Å². The lowest BCUT2D eigenvalue weighted by Crippen LogP contribution is -2.24. The monoisotopic (exact) mass is 256 g/mol. The minimum absolute atomic E-state index is 0.102. The highest BCUT2D eigenvalue weighted by Gasteiger charge is 2.08. The Kier molecular flexibility index (Phi) is 2.75. The van der Waals surface area contributed by atoms with Crippen molar-refractivity contribution in [2.45, 2.75) is 13.0 Å². The number of aryl methyl sites for hydroxylation is 1. The predicted octanol–water partition coefficient (Wildman–Crippen LogP) is 1.21. The summed E-state index contributed by atoms with van der Waals surface area (Å²) >= 11 is 0. The first-order valence-corrected chi connectivity index (χ1v) is 5.89. The van der Waals surface area contributed by atoms with Crippen molar-refractivity contribution in [3.63, 3.8) is 0 Å². The molecule has 0 atom stereocenters. The lowest BCUT2D eigenvalue weighted by Gasteiger charge is -2.09. The number of hydrogen-bond donors (Lipinski definition) is 1. The van der Waals surface area contributed by atoms with Crippen molar-refractivity contribution in [3.8, 4) is 0 Å². The molecule has 0 amide bonds. The van der Waals surface area contributed by atoms with Gasteiger partial charge in [-0.2, -0.15) is 4.98 Å². The first-order chi connectivity index (χ1) is 9.25. The molecule has 1 aromatic carbocycles. The van der Waals surface area contributed by atoms with Crippen LogP contribution in [0.4, 0.5) is 5.82 Å². The fourth-order valence-corrected chi connectivity index (χ4v) is 2.06. The highest BCUT2D eigenvalue weighted by molar-refractivity contribution is 5.83. The van der Waals surface area contributed by atoms with E-state index in [9.17, 15) is 4.79 Å². The number of hydrogen-bond acceptors (Lipinski definition) is 5. The molecular weight excluding hydrogens is 244 g/mol. The van der Waals surface area contributed by atoms with Crippen molar-refractivity contribution in [3.05, 3.63) is 52.9 Å². The Morgan fingerprint density at radius 2 is 2.16 bits per heavy atom. The second kappa shape index (κ2) is 4.56. The number of rotatable bonds is 3. The topological polar surface area (TPSA) is 86.9 Å². The van der Waals surface area contributed by atoms with Gasteiger partial charge in [0.15, 0.2) is 6.33 Å². The summed E-state index contributed by atoms with van der Waals surface area (Å²) < 4.78 is 6.43. The summed E-state index contributed by atoms with van der Waals surface area (Å²) in [6.45, 7) is 0.414. The van der Waals surface area contributed by atoms with Gasteiger partial charge >= 0.3 is 0 Å². The zero-order valence-electron chi connectivity index (χ0n) is 10.1. The van der Waals surface area contributed by atoms with Crippen molar-refractivity contribution in [2.75, 3.05) is 5.73 Å².